The topological polar surface area (TPSA) is 51.2 Å². The number of nitrogens with zero attached hydrogens (tertiary/aromatic N) is 1. The van der Waals surface area contributed by atoms with Gasteiger partial charge in [0.2, 0.25) is 0 Å². The number of aromatic nitrogens is 1. The van der Waals surface area contributed by atoms with E-state index in [0.717, 1.165) is 23.7 Å². The van der Waals surface area contributed by atoms with Crippen molar-refractivity contribution < 1.29 is 9.53 Å². The van der Waals surface area contributed by atoms with Gasteiger partial charge in [0, 0.05) is 17.3 Å². The Labute approximate surface area is 119 Å². The lowest BCUT2D eigenvalue weighted by atomic mass is 10.00. The number of anilines is 1. The lowest BCUT2D eigenvalue weighted by Gasteiger charge is -2.25. The van der Waals surface area contributed by atoms with Crippen LogP contribution in [0.25, 0.3) is 0 Å². The zero-order valence-electron chi connectivity index (χ0n) is 12.3. The van der Waals surface area contributed by atoms with E-state index in [4.69, 9.17) is 4.74 Å². The first-order valence-electron chi connectivity index (χ1n) is 6.85. The van der Waals surface area contributed by atoms with E-state index in [1.807, 2.05) is 12.3 Å². The summed E-state index contributed by atoms with van der Waals surface area (Å²) in [6.45, 7) is 8.79. The number of hydrogen-bond acceptors (Lipinski definition) is 5. The molecule has 19 heavy (non-hydrogen) atoms. The number of thiazole rings is 1. The molecule has 4 nitrogen and oxygen atoms in total. The molecule has 0 atom stereocenters. The van der Waals surface area contributed by atoms with Crippen LogP contribution in [0.1, 0.15) is 52.7 Å². The Morgan fingerprint density at radius 2 is 2.21 bits per heavy atom. The second-order valence-electron chi connectivity index (χ2n) is 5.21. The fraction of sp³-hybridized carbons (Fsp3) is 0.714. The minimum atomic E-state index is -0.156. The largest absolute Gasteiger partial charge is 0.466 e. The standard InChI is InChI=1S/C14H24N2O2S/c1-5-9-14(3,4)16-13-15-11(10-19-13)7-8-12(17)18-6-2/h10H,5-9H2,1-4H3,(H,15,16). The van der Waals surface area contributed by atoms with E-state index in [1.165, 1.54) is 0 Å². The summed E-state index contributed by atoms with van der Waals surface area (Å²) >= 11 is 1.59. The zero-order chi connectivity index (χ0) is 14.3. The first-order chi connectivity index (χ1) is 8.96. The van der Waals surface area contributed by atoms with E-state index in [0.29, 0.717) is 19.4 Å². The van der Waals surface area contributed by atoms with Crippen LogP contribution in [-0.4, -0.2) is 23.1 Å². The first-order valence-corrected chi connectivity index (χ1v) is 7.73. The molecule has 1 rings (SSSR count). The van der Waals surface area contributed by atoms with Gasteiger partial charge in [-0.1, -0.05) is 13.3 Å². The Bertz CT molecular complexity index is 402. The number of rotatable bonds is 8. The monoisotopic (exact) mass is 284 g/mol. The minimum absolute atomic E-state index is 0.0605. The number of esters is 1. The molecular formula is C14H24N2O2S. The summed E-state index contributed by atoms with van der Waals surface area (Å²) < 4.78 is 4.90. The average Bonchev–Trinajstić information content (AvgIpc) is 2.73. The van der Waals surface area contributed by atoms with Gasteiger partial charge < -0.3 is 10.1 Å². The highest BCUT2D eigenvalue weighted by atomic mass is 32.1. The highest BCUT2D eigenvalue weighted by Gasteiger charge is 2.17. The molecule has 0 spiro atoms. The predicted molar refractivity (Wildman–Crippen MR) is 79.7 cm³/mol. The van der Waals surface area contributed by atoms with Gasteiger partial charge in [-0.2, -0.15) is 0 Å². The second kappa shape index (κ2) is 7.48. The number of nitrogens with one attached hydrogen (secondary N) is 1. The Balaban J connectivity index is 2.46. The highest BCUT2D eigenvalue weighted by Crippen LogP contribution is 2.23. The third kappa shape index (κ3) is 6.05. The summed E-state index contributed by atoms with van der Waals surface area (Å²) in [5.41, 5.74) is 1.01. The maximum absolute atomic E-state index is 11.3. The minimum Gasteiger partial charge on any atom is -0.466 e. The van der Waals surface area contributed by atoms with Gasteiger partial charge in [0.1, 0.15) is 0 Å². The maximum Gasteiger partial charge on any atom is 0.306 e. The molecule has 5 heteroatoms. The van der Waals surface area contributed by atoms with Gasteiger partial charge in [-0.25, -0.2) is 4.98 Å². The third-order valence-corrected chi connectivity index (χ3v) is 3.57. The Hall–Kier alpha value is -1.10. The van der Waals surface area contributed by atoms with Crippen LogP contribution in [0.15, 0.2) is 5.38 Å². The fourth-order valence-electron chi connectivity index (χ4n) is 1.92. The molecule has 0 aliphatic carbocycles. The molecule has 0 radical (unpaired) electrons. The molecule has 1 N–H and O–H groups in total. The molecule has 0 aromatic carbocycles. The Morgan fingerprint density at radius 3 is 2.84 bits per heavy atom. The molecule has 0 aliphatic heterocycles. The van der Waals surface area contributed by atoms with E-state index in [-0.39, 0.29) is 11.5 Å². The van der Waals surface area contributed by atoms with E-state index in [1.54, 1.807) is 11.3 Å². The van der Waals surface area contributed by atoms with Crippen LogP contribution in [-0.2, 0) is 16.0 Å². The normalized spacial score (nSPS) is 11.4. The first kappa shape index (κ1) is 16.0. The summed E-state index contributed by atoms with van der Waals surface area (Å²) in [4.78, 5) is 15.8. The second-order valence-corrected chi connectivity index (χ2v) is 6.07. The lowest BCUT2D eigenvalue weighted by molar-refractivity contribution is -0.143. The van der Waals surface area contributed by atoms with Gasteiger partial charge in [-0.15, -0.1) is 11.3 Å². The summed E-state index contributed by atoms with van der Waals surface area (Å²) in [5.74, 6) is -0.156. The predicted octanol–water partition coefficient (Wildman–Crippen LogP) is 3.63. The van der Waals surface area contributed by atoms with Crippen molar-refractivity contribution in [2.45, 2.75) is 58.9 Å². The van der Waals surface area contributed by atoms with Crippen molar-refractivity contribution in [2.75, 3.05) is 11.9 Å². The van der Waals surface area contributed by atoms with Gasteiger partial charge in [-0.3, -0.25) is 4.79 Å². The summed E-state index contributed by atoms with van der Waals surface area (Å²) in [5, 5.41) is 6.38. The van der Waals surface area contributed by atoms with Crippen molar-refractivity contribution in [2.24, 2.45) is 0 Å². The van der Waals surface area contributed by atoms with Crippen LogP contribution in [0.5, 0.6) is 0 Å². The molecule has 108 valence electrons. The zero-order valence-corrected chi connectivity index (χ0v) is 13.1. The number of hydrogen-bond donors (Lipinski definition) is 1. The van der Waals surface area contributed by atoms with E-state index < -0.39 is 0 Å². The summed E-state index contributed by atoms with van der Waals surface area (Å²) in [7, 11) is 0. The quantitative estimate of drug-likeness (QED) is 0.741. The summed E-state index contributed by atoms with van der Waals surface area (Å²) in [6, 6.07) is 0. The molecule has 1 aromatic heterocycles. The van der Waals surface area contributed by atoms with Crippen LogP contribution in [0, 0.1) is 0 Å². The summed E-state index contributed by atoms with van der Waals surface area (Å²) in [6.07, 6.45) is 3.28. The molecule has 0 bridgehead atoms. The van der Waals surface area contributed by atoms with Crippen molar-refractivity contribution in [1.29, 1.82) is 0 Å². The van der Waals surface area contributed by atoms with Gasteiger partial charge in [-0.05, 0) is 27.2 Å². The highest BCUT2D eigenvalue weighted by molar-refractivity contribution is 7.13. The molecule has 0 unspecified atom stereocenters. The molecule has 0 amide bonds. The van der Waals surface area contributed by atoms with E-state index in [9.17, 15) is 4.79 Å². The molecule has 0 fully saturated rings. The van der Waals surface area contributed by atoms with Gasteiger partial charge in [0.15, 0.2) is 5.13 Å². The molecule has 1 aromatic rings. The number of aryl methyl sites for hydroxylation is 1. The number of ether oxygens (including phenoxy) is 1. The molecular weight excluding hydrogens is 260 g/mol. The van der Waals surface area contributed by atoms with Crippen molar-refractivity contribution in [3.63, 3.8) is 0 Å². The Morgan fingerprint density at radius 1 is 1.47 bits per heavy atom. The third-order valence-electron chi connectivity index (χ3n) is 2.76. The maximum atomic E-state index is 11.3. The molecule has 1 heterocycles. The number of carbonyl (C=O) groups is 1. The van der Waals surface area contributed by atoms with Crippen LogP contribution in [0.3, 0.4) is 0 Å². The van der Waals surface area contributed by atoms with E-state index >= 15 is 0 Å². The SMILES string of the molecule is CCCC(C)(C)Nc1nc(CCC(=O)OCC)cs1. The smallest absolute Gasteiger partial charge is 0.306 e. The molecule has 0 saturated heterocycles. The average molecular weight is 284 g/mol. The van der Waals surface area contributed by atoms with Crippen LogP contribution >= 0.6 is 11.3 Å². The van der Waals surface area contributed by atoms with Gasteiger partial charge in [0.25, 0.3) is 0 Å². The lowest BCUT2D eigenvalue weighted by Crippen LogP contribution is -2.30. The fourth-order valence-corrected chi connectivity index (χ4v) is 2.84. The Kier molecular flexibility index (Phi) is 6.28. The van der Waals surface area contributed by atoms with Crippen molar-refractivity contribution in [1.82, 2.24) is 4.98 Å². The van der Waals surface area contributed by atoms with Crippen molar-refractivity contribution in [3.05, 3.63) is 11.1 Å². The van der Waals surface area contributed by atoms with Crippen LogP contribution in [0.4, 0.5) is 5.13 Å². The van der Waals surface area contributed by atoms with Crippen LogP contribution < -0.4 is 5.32 Å². The van der Waals surface area contributed by atoms with Gasteiger partial charge >= 0.3 is 5.97 Å². The van der Waals surface area contributed by atoms with Crippen LogP contribution in [0.2, 0.25) is 0 Å². The molecule has 0 saturated carbocycles. The molecule has 0 aliphatic rings. The number of carbonyl (C=O) groups excluding carboxylic acids is 1. The van der Waals surface area contributed by atoms with Crippen molar-refractivity contribution >= 4 is 22.4 Å². The van der Waals surface area contributed by atoms with Gasteiger partial charge in [0.05, 0.1) is 18.7 Å². The van der Waals surface area contributed by atoms with E-state index in [2.05, 4.69) is 31.1 Å². The van der Waals surface area contributed by atoms with Crippen molar-refractivity contribution in [3.8, 4) is 0 Å².